The number of aryl methyl sites for hydroxylation is 1. The maximum absolute atomic E-state index is 3.32. The lowest BCUT2D eigenvalue weighted by atomic mass is 10.0. The summed E-state index contributed by atoms with van der Waals surface area (Å²) < 4.78 is 0. The van der Waals surface area contributed by atoms with E-state index in [0.29, 0.717) is 0 Å². The second-order valence-electron chi connectivity index (χ2n) is 4.89. The third-order valence-corrected chi connectivity index (χ3v) is 3.32. The Kier molecular flexibility index (Phi) is 3.97. The highest BCUT2D eigenvalue weighted by Crippen LogP contribution is 2.10. The van der Waals surface area contributed by atoms with Crippen molar-refractivity contribution in [3.05, 3.63) is 35.4 Å². The molecule has 0 unspecified atom stereocenters. The highest BCUT2D eigenvalue weighted by molar-refractivity contribution is 5.22. The fourth-order valence-electron chi connectivity index (χ4n) is 2.17. The molecule has 0 saturated carbocycles. The molecule has 88 valence electrons. The van der Waals surface area contributed by atoms with Gasteiger partial charge in [0.1, 0.15) is 0 Å². The van der Waals surface area contributed by atoms with Gasteiger partial charge in [0.15, 0.2) is 0 Å². The van der Waals surface area contributed by atoms with Crippen molar-refractivity contribution in [2.24, 2.45) is 5.92 Å². The summed E-state index contributed by atoms with van der Waals surface area (Å²) in [6.07, 6.45) is 1.13. The predicted octanol–water partition coefficient (Wildman–Crippen LogP) is 1.90. The molecule has 0 radical (unpaired) electrons. The number of rotatable bonds is 5. The summed E-state index contributed by atoms with van der Waals surface area (Å²) in [6.45, 7) is 6.87. The van der Waals surface area contributed by atoms with Crippen LogP contribution in [0, 0.1) is 5.92 Å². The van der Waals surface area contributed by atoms with Crippen LogP contribution in [0.1, 0.15) is 18.1 Å². The number of nitrogens with one attached hydrogen (secondary N) is 1. The van der Waals surface area contributed by atoms with Crippen LogP contribution in [0.25, 0.3) is 0 Å². The topological polar surface area (TPSA) is 15.3 Å². The first-order valence-electron chi connectivity index (χ1n) is 6.25. The fraction of sp³-hybridized carbons (Fsp3) is 0.571. The van der Waals surface area contributed by atoms with Crippen LogP contribution in [0.2, 0.25) is 0 Å². The minimum atomic E-state index is 0.861. The van der Waals surface area contributed by atoms with Crippen LogP contribution in [0.3, 0.4) is 0 Å². The van der Waals surface area contributed by atoms with Gasteiger partial charge in [0.25, 0.3) is 0 Å². The molecule has 1 heterocycles. The van der Waals surface area contributed by atoms with Crippen LogP contribution < -0.4 is 5.32 Å². The molecule has 0 aromatic heterocycles. The SMILES string of the molecule is CCc1ccc(CN(C)CC2CNC2)cc1. The highest BCUT2D eigenvalue weighted by Gasteiger charge is 2.18. The first-order valence-corrected chi connectivity index (χ1v) is 6.25. The predicted molar refractivity (Wildman–Crippen MR) is 68.5 cm³/mol. The normalized spacial score (nSPS) is 16.4. The molecular formula is C14H22N2. The van der Waals surface area contributed by atoms with Crippen molar-refractivity contribution in [3.8, 4) is 0 Å². The molecule has 16 heavy (non-hydrogen) atoms. The van der Waals surface area contributed by atoms with Crippen molar-refractivity contribution in [1.29, 1.82) is 0 Å². The zero-order valence-electron chi connectivity index (χ0n) is 10.4. The average molecular weight is 218 g/mol. The van der Waals surface area contributed by atoms with E-state index >= 15 is 0 Å². The van der Waals surface area contributed by atoms with Gasteiger partial charge in [-0.1, -0.05) is 31.2 Å². The van der Waals surface area contributed by atoms with Gasteiger partial charge in [-0.25, -0.2) is 0 Å². The van der Waals surface area contributed by atoms with Crippen LogP contribution in [-0.4, -0.2) is 31.6 Å². The molecule has 2 heteroatoms. The van der Waals surface area contributed by atoms with Crippen LogP contribution in [0.5, 0.6) is 0 Å². The monoisotopic (exact) mass is 218 g/mol. The summed E-state index contributed by atoms with van der Waals surface area (Å²) in [4.78, 5) is 2.42. The minimum absolute atomic E-state index is 0.861. The fourth-order valence-corrected chi connectivity index (χ4v) is 2.17. The highest BCUT2D eigenvalue weighted by atomic mass is 15.1. The summed E-state index contributed by atoms with van der Waals surface area (Å²) in [5.74, 6) is 0.861. The van der Waals surface area contributed by atoms with Crippen molar-refractivity contribution in [2.75, 3.05) is 26.7 Å². The van der Waals surface area contributed by atoms with E-state index in [0.717, 1.165) is 18.9 Å². The number of nitrogens with zero attached hydrogens (tertiary/aromatic N) is 1. The van der Waals surface area contributed by atoms with Crippen molar-refractivity contribution >= 4 is 0 Å². The van der Waals surface area contributed by atoms with E-state index in [2.05, 4.69) is 48.5 Å². The van der Waals surface area contributed by atoms with E-state index in [-0.39, 0.29) is 0 Å². The molecule has 1 aromatic rings. The zero-order chi connectivity index (χ0) is 11.4. The largest absolute Gasteiger partial charge is 0.316 e. The molecule has 1 fully saturated rings. The van der Waals surface area contributed by atoms with Gasteiger partial charge < -0.3 is 10.2 Å². The molecule has 1 aromatic carbocycles. The first-order chi connectivity index (χ1) is 7.78. The molecule has 1 saturated heterocycles. The third-order valence-electron chi connectivity index (χ3n) is 3.32. The summed E-state index contributed by atoms with van der Waals surface area (Å²) in [5, 5.41) is 3.32. The summed E-state index contributed by atoms with van der Waals surface area (Å²) >= 11 is 0. The smallest absolute Gasteiger partial charge is 0.0230 e. The van der Waals surface area contributed by atoms with Crippen molar-refractivity contribution in [1.82, 2.24) is 10.2 Å². The van der Waals surface area contributed by atoms with Gasteiger partial charge in [0.2, 0.25) is 0 Å². The van der Waals surface area contributed by atoms with Gasteiger partial charge in [-0.15, -0.1) is 0 Å². The van der Waals surface area contributed by atoms with Crippen LogP contribution >= 0.6 is 0 Å². The Morgan fingerprint density at radius 2 is 1.81 bits per heavy atom. The maximum atomic E-state index is 3.32. The molecule has 0 atom stereocenters. The van der Waals surface area contributed by atoms with E-state index in [9.17, 15) is 0 Å². The first kappa shape index (κ1) is 11.6. The maximum Gasteiger partial charge on any atom is 0.0230 e. The van der Waals surface area contributed by atoms with Gasteiger partial charge in [-0.3, -0.25) is 0 Å². The Bertz CT molecular complexity index is 314. The van der Waals surface area contributed by atoms with E-state index in [1.165, 1.54) is 30.8 Å². The quantitative estimate of drug-likeness (QED) is 0.812. The minimum Gasteiger partial charge on any atom is -0.316 e. The van der Waals surface area contributed by atoms with E-state index < -0.39 is 0 Å². The Hall–Kier alpha value is -0.860. The lowest BCUT2D eigenvalue weighted by molar-refractivity contribution is 0.218. The third kappa shape index (κ3) is 3.06. The van der Waals surface area contributed by atoms with Gasteiger partial charge in [0.05, 0.1) is 0 Å². The molecule has 0 bridgehead atoms. The van der Waals surface area contributed by atoms with Crippen LogP contribution in [-0.2, 0) is 13.0 Å². The van der Waals surface area contributed by atoms with Crippen LogP contribution in [0.4, 0.5) is 0 Å². The van der Waals surface area contributed by atoms with Gasteiger partial charge in [-0.2, -0.15) is 0 Å². The van der Waals surface area contributed by atoms with Crippen molar-refractivity contribution in [3.63, 3.8) is 0 Å². The number of benzene rings is 1. The molecule has 2 nitrogen and oxygen atoms in total. The van der Waals surface area contributed by atoms with E-state index in [1.807, 2.05) is 0 Å². The molecule has 2 rings (SSSR count). The Labute approximate surface area is 98.7 Å². The Balaban J connectivity index is 1.82. The van der Waals surface area contributed by atoms with E-state index in [1.54, 1.807) is 0 Å². The van der Waals surface area contributed by atoms with Crippen molar-refractivity contribution < 1.29 is 0 Å². The summed E-state index contributed by atoms with van der Waals surface area (Å²) in [6, 6.07) is 9.00. The number of hydrogen-bond donors (Lipinski definition) is 1. The van der Waals surface area contributed by atoms with Gasteiger partial charge in [0, 0.05) is 26.2 Å². The summed E-state index contributed by atoms with van der Waals surface area (Å²) in [5.41, 5.74) is 2.85. The Morgan fingerprint density at radius 1 is 1.19 bits per heavy atom. The molecule has 0 spiro atoms. The molecule has 0 amide bonds. The molecular weight excluding hydrogens is 196 g/mol. The lowest BCUT2D eigenvalue weighted by Gasteiger charge is -2.31. The zero-order valence-corrected chi connectivity index (χ0v) is 10.4. The Morgan fingerprint density at radius 3 is 2.31 bits per heavy atom. The second kappa shape index (κ2) is 5.46. The van der Waals surface area contributed by atoms with Gasteiger partial charge >= 0.3 is 0 Å². The number of hydrogen-bond acceptors (Lipinski definition) is 2. The van der Waals surface area contributed by atoms with Crippen molar-refractivity contribution in [2.45, 2.75) is 19.9 Å². The second-order valence-corrected chi connectivity index (χ2v) is 4.89. The summed E-state index contributed by atoms with van der Waals surface area (Å²) in [7, 11) is 2.21. The van der Waals surface area contributed by atoms with E-state index in [4.69, 9.17) is 0 Å². The lowest BCUT2D eigenvalue weighted by Crippen LogP contribution is -2.47. The molecule has 1 aliphatic heterocycles. The molecule has 1 N–H and O–H groups in total. The van der Waals surface area contributed by atoms with Crippen LogP contribution in [0.15, 0.2) is 24.3 Å². The molecule has 0 aliphatic carbocycles. The standard InChI is InChI=1S/C14H22N2/c1-3-12-4-6-13(7-5-12)10-16(2)11-14-8-15-9-14/h4-7,14-15H,3,8-11H2,1-2H3. The van der Waals surface area contributed by atoms with Gasteiger partial charge in [-0.05, 0) is 30.5 Å². The molecule has 1 aliphatic rings. The average Bonchev–Trinajstić information content (AvgIpc) is 2.25.